The fraction of sp³-hybridized carbons (Fsp3) is 0.316. The number of benzene rings is 2. The number of rotatable bonds is 4. The van der Waals surface area contributed by atoms with Crippen LogP contribution >= 0.6 is 0 Å². The minimum Gasteiger partial charge on any atom is -0.347 e. The van der Waals surface area contributed by atoms with E-state index in [2.05, 4.69) is 5.32 Å². The summed E-state index contributed by atoms with van der Waals surface area (Å²) in [5.41, 5.74) is 1.38. The van der Waals surface area contributed by atoms with E-state index in [-0.39, 0.29) is 10.8 Å². The van der Waals surface area contributed by atoms with Crippen LogP contribution in [0.3, 0.4) is 0 Å². The van der Waals surface area contributed by atoms with Crippen molar-refractivity contribution in [1.29, 1.82) is 0 Å². The highest BCUT2D eigenvalue weighted by Gasteiger charge is 2.24. The first-order valence-electron chi connectivity index (χ1n) is 7.99. The highest BCUT2D eigenvalue weighted by molar-refractivity contribution is 7.92. The molecule has 0 saturated heterocycles. The molecule has 0 heterocycles. The second kappa shape index (κ2) is 6.88. The van der Waals surface area contributed by atoms with Gasteiger partial charge in [-0.05, 0) is 57.5 Å². The van der Waals surface area contributed by atoms with Crippen LogP contribution in [0.5, 0.6) is 0 Å². The van der Waals surface area contributed by atoms with E-state index >= 15 is 0 Å². The van der Waals surface area contributed by atoms with Crippen LogP contribution in [0.4, 0.5) is 5.69 Å². The van der Waals surface area contributed by atoms with E-state index < -0.39 is 15.6 Å². The number of hydrogen-bond acceptors (Lipinski definition) is 3. The highest BCUT2D eigenvalue weighted by atomic mass is 32.2. The van der Waals surface area contributed by atoms with Gasteiger partial charge in [0.2, 0.25) is 0 Å². The molecule has 1 amide bonds. The zero-order valence-corrected chi connectivity index (χ0v) is 16.0. The fourth-order valence-corrected chi connectivity index (χ4v) is 3.72. The Morgan fingerprint density at radius 2 is 1.68 bits per heavy atom. The van der Waals surface area contributed by atoms with E-state index in [9.17, 15) is 13.2 Å². The number of hydrogen-bond donors (Lipinski definition) is 1. The van der Waals surface area contributed by atoms with Gasteiger partial charge in [0, 0.05) is 18.2 Å². The highest BCUT2D eigenvalue weighted by Crippen LogP contribution is 2.25. The summed E-state index contributed by atoms with van der Waals surface area (Å²) in [4.78, 5) is 12.4. The number of carbonyl (C=O) groups is 1. The van der Waals surface area contributed by atoms with Crippen molar-refractivity contribution >= 4 is 21.6 Å². The average Bonchev–Trinajstić information content (AvgIpc) is 2.53. The zero-order valence-electron chi connectivity index (χ0n) is 15.2. The Morgan fingerprint density at radius 1 is 1.04 bits per heavy atom. The lowest BCUT2D eigenvalue weighted by atomic mass is 10.1. The van der Waals surface area contributed by atoms with Crippen LogP contribution in [-0.4, -0.2) is 26.9 Å². The molecular formula is C19H24N2O3S. The standard InChI is InChI=1S/C19H24N2O3S/c1-14-9-6-7-12-17(14)21(5)25(23,24)16-11-8-10-15(13-16)18(22)20-19(2,3)4/h6-13H,1-5H3,(H,20,22). The summed E-state index contributed by atoms with van der Waals surface area (Å²) >= 11 is 0. The van der Waals surface area contributed by atoms with Crippen LogP contribution in [0.1, 0.15) is 36.7 Å². The fourth-order valence-electron chi connectivity index (χ4n) is 2.41. The van der Waals surface area contributed by atoms with Crippen molar-refractivity contribution in [3.05, 3.63) is 59.7 Å². The van der Waals surface area contributed by atoms with Gasteiger partial charge in [0.05, 0.1) is 10.6 Å². The second-order valence-corrected chi connectivity index (χ2v) is 8.96. The Morgan fingerprint density at radius 3 is 2.28 bits per heavy atom. The van der Waals surface area contributed by atoms with Crippen LogP contribution in [0.25, 0.3) is 0 Å². The number of anilines is 1. The minimum absolute atomic E-state index is 0.0832. The Hall–Kier alpha value is -2.34. The molecule has 2 aromatic rings. The minimum atomic E-state index is -3.76. The molecule has 0 spiro atoms. The van der Waals surface area contributed by atoms with Gasteiger partial charge < -0.3 is 5.32 Å². The summed E-state index contributed by atoms with van der Waals surface area (Å²) in [7, 11) is -2.25. The lowest BCUT2D eigenvalue weighted by Crippen LogP contribution is -2.40. The largest absolute Gasteiger partial charge is 0.347 e. The van der Waals surface area contributed by atoms with Gasteiger partial charge in [-0.25, -0.2) is 8.42 Å². The van der Waals surface area contributed by atoms with Crippen LogP contribution in [0.2, 0.25) is 0 Å². The first-order chi connectivity index (χ1) is 11.5. The molecule has 0 saturated carbocycles. The number of nitrogens with zero attached hydrogens (tertiary/aromatic N) is 1. The summed E-state index contributed by atoms with van der Waals surface area (Å²) in [6, 6.07) is 13.4. The monoisotopic (exact) mass is 360 g/mol. The summed E-state index contributed by atoms with van der Waals surface area (Å²) in [5.74, 6) is -0.303. The maximum Gasteiger partial charge on any atom is 0.264 e. The Bertz CT molecular complexity index is 884. The molecule has 5 nitrogen and oxygen atoms in total. The van der Waals surface area contributed by atoms with Gasteiger partial charge >= 0.3 is 0 Å². The molecule has 1 N–H and O–H groups in total. The first-order valence-corrected chi connectivity index (χ1v) is 9.43. The molecule has 0 atom stereocenters. The number of amides is 1. The van der Waals surface area contributed by atoms with Gasteiger partial charge in [-0.2, -0.15) is 0 Å². The van der Waals surface area contributed by atoms with Gasteiger partial charge in [-0.15, -0.1) is 0 Å². The van der Waals surface area contributed by atoms with Crippen LogP contribution in [0, 0.1) is 6.92 Å². The SMILES string of the molecule is Cc1ccccc1N(C)S(=O)(=O)c1cccc(C(=O)NC(C)(C)C)c1. The quantitative estimate of drug-likeness (QED) is 0.909. The third-order valence-electron chi connectivity index (χ3n) is 3.70. The van der Waals surface area contributed by atoms with Crippen molar-refractivity contribution in [2.75, 3.05) is 11.4 Å². The van der Waals surface area contributed by atoms with Crippen molar-refractivity contribution in [2.45, 2.75) is 38.1 Å². The van der Waals surface area contributed by atoms with Crippen molar-refractivity contribution in [2.24, 2.45) is 0 Å². The third kappa shape index (κ3) is 4.39. The molecule has 0 aliphatic carbocycles. The van der Waals surface area contributed by atoms with Crippen LogP contribution in [0.15, 0.2) is 53.4 Å². The van der Waals surface area contributed by atoms with E-state index in [4.69, 9.17) is 0 Å². The molecule has 2 aromatic carbocycles. The first kappa shape index (κ1) is 19.0. The maximum atomic E-state index is 12.9. The molecule has 25 heavy (non-hydrogen) atoms. The molecule has 0 unspecified atom stereocenters. The molecule has 0 fully saturated rings. The van der Waals surface area contributed by atoms with E-state index in [1.54, 1.807) is 24.3 Å². The molecule has 0 radical (unpaired) electrons. The maximum absolute atomic E-state index is 12.9. The van der Waals surface area contributed by atoms with E-state index in [1.165, 1.54) is 23.5 Å². The summed E-state index contributed by atoms with van der Waals surface area (Å²) in [6.45, 7) is 7.47. The normalized spacial score (nSPS) is 11.9. The van der Waals surface area contributed by atoms with Crippen LogP contribution in [-0.2, 0) is 10.0 Å². The van der Waals surface area contributed by atoms with Crippen LogP contribution < -0.4 is 9.62 Å². The van der Waals surface area contributed by atoms with Crippen molar-refractivity contribution in [1.82, 2.24) is 5.32 Å². The van der Waals surface area contributed by atoms with E-state index in [0.717, 1.165) is 5.56 Å². The molecule has 6 heteroatoms. The number of sulfonamides is 1. The van der Waals surface area contributed by atoms with E-state index in [1.807, 2.05) is 39.8 Å². The number of carbonyl (C=O) groups excluding carboxylic acids is 1. The molecule has 0 bridgehead atoms. The number of nitrogens with one attached hydrogen (secondary N) is 1. The second-order valence-electron chi connectivity index (χ2n) is 6.99. The van der Waals surface area contributed by atoms with E-state index in [0.29, 0.717) is 11.3 Å². The molecule has 0 aliphatic rings. The lowest BCUT2D eigenvalue weighted by molar-refractivity contribution is 0.0919. The van der Waals surface area contributed by atoms with Gasteiger partial charge in [-0.3, -0.25) is 9.10 Å². The van der Waals surface area contributed by atoms with Gasteiger partial charge in [0.1, 0.15) is 0 Å². The predicted molar refractivity (Wildman–Crippen MR) is 100 cm³/mol. The van der Waals surface area contributed by atoms with Crippen molar-refractivity contribution in [3.8, 4) is 0 Å². The van der Waals surface area contributed by atoms with Crippen molar-refractivity contribution in [3.63, 3.8) is 0 Å². The Labute approximate surface area is 149 Å². The third-order valence-corrected chi connectivity index (χ3v) is 5.47. The average molecular weight is 360 g/mol. The predicted octanol–water partition coefficient (Wildman–Crippen LogP) is 3.35. The summed E-state index contributed by atoms with van der Waals surface area (Å²) in [6.07, 6.45) is 0. The zero-order chi connectivity index (χ0) is 18.8. The molecular weight excluding hydrogens is 336 g/mol. The molecule has 0 aliphatic heterocycles. The number of aryl methyl sites for hydroxylation is 1. The van der Waals surface area contributed by atoms with Gasteiger partial charge in [0.15, 0.2) is 0 Å². The van der Waals surface area contributed by atoms with Crippen molar-refractivity contribution < 1.29 is 13.2 Å². The van der Waals surface area contributed by atoms with Gasteiger partial charge in [-0.1, -0.05) is 24.3 Å². The van der Waals surface area contributed by atoms with Gasteiger partial charge in [0.25, 0.3) is 15.9 Å². The lowest BCUT2D eigenvalue weighted by Gasteiger charge is -2.22. The topological polar surface area (TPSA) is 66.5 Å². The Kier molecular flexibility index (Phi) is 5.23. The summed E-state index contributed by atoms with van der Waals surface area (Å²) in [5, 5.41) is 2.84. The number of para-hydroxylation sites is 1. The molecule has 0 aromatic heterocycles. The Balaban J connectivity index is 2.39. The molecule has 134 valence electrons. The molecule has 2 rings (SSSR count). The summed E-state index contributed by atoms with van der Waals surface area (Å²) < 4.78 is 27.1. The smallest absolute Gasteiger partial charge is 0.264 e.